The van der Waals surface area contributed by atoms with E-state index in [-0.39, 0.29) is 110 Å². The number of hydrogen-bond acceptors (Lipinski definition) is 13. The Kier molecular flexibility index (Phi) is 17.1. The molecule has 324 valence electrons. The monoisotopic (exact) mass is 833 g/mol. The second-order valence-corrected chi connectivity index (χ2v) is 15.1. The van der Waals surface area contributed by atoms with Crippen LogP contribution in [0.25, 0.3) is 10.9 Å². The van der Waals surface area contributed by atoms with E-state index < -0.39 is 29.9 Å². The molecule has 0 bridgehead atoms. The highest BCUT2D eigenvalue weighted by atomic mass is 16.5. The summed E-state index contributed by atoms with van der Waals surface area (Å²) in [4.78, 5) is 88.6. The van der Waals surface area contributed by atoms with Crippen LogP contribution in [0, 0.1) is 0 Å². The van der Waals surface area contributed by atoms with E-state index in [0.29, 0.717) is 38.3 Å². The second-order valence-electron chi connectivity index (χ2n) is 15.1. The van der Waals surface area contributed by atoms with Gasteiger partial charge < -0.3 is 35.0 Å². The number of pyridine rings is 1. The molecule has 1 aromatic heterocycles. The maximum absolute atomic E-state index is 13.5. The first kappa shape index (κ1) is 45.4. The summed E-state index contributed by atoms with van der Waals surface area (Å²) in [6.45, 7) is 2.53. The van der Waals surface area contributed by atoms with Crippen LogP contribution in [0.1, 0.15) is 30.5 Å². The first-order valence-corrected chi connectivity index (χ1v) is 20.2. The molecule has 3 aromatic rings. The molecule has 2 aliphatic rings. The van der Waals surface area contributed by atoms with E-state index in [2.05, 4.69) is 4.90 Å². The topological polar surface area (TPSA) is 225 Å². The number of carbonyl (C=O) groups is 6. The van der Waals surface area contributed by atoms with E-state index >= 15 is 0 Å². The molecule has 18 nitrogen and oxygen atoms in total. The summed E-state index contributed by atoms with van der Waals surface area (Å²) in [5, 5.41) is 39.8. The van der Waals surface area contributed by atoms with E-state index in [1.165, 1.54) is 0 Å². The van der Waals surface area contributed by atoms with Gasteiger partial charge in [-0.3, -0.25) is 48.4 Å². The minimum absolute atomic E-state index is 0.000351. The molecule has 4 N–H and O–H groups in total. The predicted molar refractivity (Wildman–Crippen MR) is 220 cm³/mol. The van der Waals surface area contributed by atoms with Crippen LogP contribution >= 0.6 is 0 Å². The Hall–Kier alpha value is -5.69. The number of rotatable bonds is 17. The normalized spacial score (nSPS) is 17.3. The molecule has 2 aromatic carbocycles. The summed E-state index contributed by atoms with van der Waals surface area (Å²) in [7, 11) is 0. The van der Waals surface area contributed by atoms with Crippen molar-refractivity contribution >= 4 is 52.3 Å². The standard InChI is InChI=1S/C42H55N7O11/c50-37(12-11-36(42(58)59)48-20-18-45(28-39(53)54)16-14-44(27-38(51)52)15-17-46(19-21-48)29-40(55)56)49-24-22-47(23-25-49)34-10-8-32-7-9-33(43-35(32)26-34)30-60-41(57)13-6-31-4-2-1-3-5-31/h1-5,7-10,26,36H,6,11-25,27-30H2,(H,51,52)(H,53,54)(H,55,56)(H,58,59). The van der Waals surface area contributed by atoms with Gasteiger partial charge in [0.25, 0.3) is 0 Å². The van der Waals surface area contributed by atoms with Crippen LogP contribution in [0.5, 0.6) is 0 Å². The lowest BCUT2D eigenvalue weighted by Crippen LogP contribution is -2.52. The number of aromatic nitrogens is 1. The molecule has 5 rings (SSSR count). The quantitative estimate of drug-likeness (QED) is 0.141. The van der Waals surface area contributed by atoms with Crippen molar-refractivity contribution in [3.8, 4) is 0 Å². The second kappa shape index (κ2) is 22.6. The van der Waals surface area contributed by atoms with Crippen LogP contribution in [0.2, 0.25) is 0 Å². The van der Waals surface area contributed by atoms with Crippen LogP contribution in [-0.4, -0.2) is 190 Å². The van der Waals surface area contributed by atoms with Crippen molar-refractivity contribution in [1.29, 1.82) is 0 Å². The zero-order valence-corrected chi connectivity index (χ0v) is 33.8. The molecular formula is C42H55N7O11. The number of ether oxygens (including phenoxy) is 1. The number of carboxylic acids is 4. The summed E-state index contributed by atoms with van der Waals surface area (Å²) >= 11 is 0. The number of carbonyl (C=O) groups excluding carboxylic acids is 2. The van der Waals surface area contributed by atoms with Crippen LogP contribution < -0.4 is 4.90 Å². The number of benzene rings is 2. The molecule has 0 saturated carbocycles. The molecule has 3 heterocycles. The fourth-order valence-corrected chi connectivity index (χ4v) is 7.55. The van der Waals surface area contributed by atoms with E-state index in [9.17, 15) is 49.2 Å². The first-order valence-electron chi connectivity index (χ1n) is 20.2. The van der Waals surface area contributed by atoms with Crippen LogP contribution in [0.4, 0.5) is 5.69 Å². The van der Waals surface area contributed by atoms with Gasteiger partial charge in [-0.2, -0.15) is 0 Å². The number of esters is 1. The number of hydrogen-bond donors (Lipinski definition) is 4. The first-order chi connectivity index (χ1) is 28.8. The Labute approximate surface area is 348 Å². The van der Waals surface area contributed by atoms with Gasteiger partial charge in [0.05, 0.1) is 30.8 Å². The Morgan fingerprint density at radius 1 is 0.633 bits per heavy atom. The largest absolute Gasteiger partial charge is 0.480 e. The number of carboxylic acid groups (broad SMARTS) is 4. The SMILES string of the molecule is O=C(O)CN1CCN(CC(=O)O)CCN(C(CCC(=O)N2CCN(c3ccc4ccc(COC(=O)CCc5ccccc5)nc4c3)CC2)C(=O)O)CCN(CC(=O)O)CC1. The van der Waals surface area contributed by atoms with Gasteiger partial charge in [-0.1, -0.05) is 42.5 Å². The summed E-state index contributed by atoms with van der Waals surface area (Å²) < 4.78 is 5.49. The molecule has 2 saturated heterocycles. The predicted octanol–water partition coefficient (Wildman–Crippen LogP) is 1.27. The maximum Gasteiger partial charge on any atom is 0.320 e. The van der Waals surface area contributed by atoms with Crippen molar-refractivity contribution in [2.75, 3.05) is 103 Å². The van der Waals surface area contributed by atoms with Gasteiger partial charge in [-0.15, -0.1) is 0 Å². The number of fused-ring (bicyclic) bond motifs is 1. The molecule has 2 aliphatic heterocycles. The molecule has 1 amide bonds. The summed E-state index contributed by atoms with van der Waals surface area (Å²) in [5.74, 6) is -4.84. The van der Waals surface area contributed by atoms with Gasteiger partial charge in [0.2, 0.25) is 5.91 Å². The van der Waals surface area contributed by atoms with E-state index in [4.69, 9.17) is 9.72 Å². The number of amides is 1. The molecule has 18 heteroatoms. The van der Waals surface area contributed by atoms with Gasteiger partial charge in [0.1, 0.15) is 12.6 Å². The van der Waals surface area contributed by atoms with Crippen molar-refractivity contribution in [3.05, 3.63) is 71.9 Å². The van der Waals surface area contributed by atoms with Gasteiger partial charge in [0, 0.05) is 102 Å². The number of nitrogens with zero attached hydrogens (tertiary/aromatic N) is 7. The Balaban J connectivity index is 1.16. The smallest absolute Gasteiger partial charge is 0.320 e. The average Bonchev–Trinajstić information content (AvgIpc) is 3.22. The zero-order chi connectivity index (χ0) is 43.0. The highest BCUT2D eigenvalue weighted by Gasteiger charge is 2.30. The van der Waals surface area contributed by atoms with Crippen molar-refractivity contribution in [2.45, 2.75) is 38.3 Å². The molecule has 0 aliphatic carbocycles. The molecular weight excluding hydrogens is 778 g/mol. The number of anilines is 1. The average molecular weight is 834 g/mol. The third kappa shape index (κ3) is 14.5. The molecule has 0 spiro atoms. The van der Waals surface area contributed by atoms with Gasteiger partial charge >= 0.3 is 29.8 Å². The van der Waals surface area contributed by atoms with Crippen LogP contribution in [0.15, 0.2) is 60.7 Å². The number of aliphatic carboxylic acids is 4. The van der Waals surface area contributed by atoms with Gasteiger partial charge in [-0.25, -0.2) is 4.98 Å². The van der Waals surface area contributed by atoms with Crippen LogP contribution in [-0.2, 0) is 46.5 Å². The fourth-order valence-electron chi connectivity index (χ4n) is 7.55. The maximum atomic E-state index is 13.5. The summed E-state index contributed by atoms with van der Waals surface area (Å²) in [6.07, 6.45) is 0.841. The van der Waals surface area contributed by atoms with Crippen molar-refractivity contribution < 1.29 is 53.9 Å². The third-order valence-corrected chi connectivity index (χ3v) is 10.9. The van der Waals surface area contributed by atoms with E-state index in [1.807, 2.05) is 60.7 Å². The van der Waals surface area contributed by atoms with E-state index in [0.717, 1.165) is 22.2 Å². The fraction of sp³-hybridized carbons (Fsp3) is 0.500. The Morgan fingerprint density at radius 2 is 1.18 bits per heavy atom. The van der Waals surface area contributed by atoms with E-state index in [1.54, 1.807) is 24.5 Å². The Bertz CT molecular complexity index is 1910. The molecule has 60 heavy (non-hydrogen) atoms. The van der Waals surface area contributed by atoms with Crippen molar-refractivity contribution in [2.24, 2.45) is 0 Å². The lowest BCUT2D eigenvalue weighted by atomic mass is 10.1. The highest BCUT2D eigenvalue weighted by Crippen LogP contribution is 2.23. The summed E-state index contributed by atoms with van der Waals surface area (Å²) in [6, 6.07) is 18.4. The minimum Gasteiger partial charge on any atom is -0.480 e. The summed E-state index contributed by atoms with van der Waals surface area (Å²) in [5.41, 5.74) is 3.39. The molecule has 2 fully saturated rings. The zero-order valence-electron chi connectivity index (χ0n) is 33.8. The highest BCUT2D eigenvalue weighted by molar-refractivity contribution is 5.83. The third-order valence-electron chi connectivity index (χ3n) is 10.9. The molecule has 1 atom stereocenters. The van der Waals surface area contributed by atoms with Gasteiger partial charge in [0.15, 0.2) is 0 Å². The number of piperazine rings is 1. The van der Waals surface area contributed by atoms with Crippen molar-refractivity contribution in [3.63, 3.8) is 0 Å². The molecule has 0 radical (unpaired) electrons. The minimum atomic E-state index is -1.14. The lowest BCUT2D eigenvalue weighted by molar-refractivity contribution is -0.146. The van der Waals surface area contributed by atoms with Crippen molar-refractivity contribution in [1.82, 2.24) is 29.5 Å². The number of aryl methyl sites for hydroxylation is 1. The van der Waals surface area contributed by atoms with Gasteiger partial charge in [-0.05, 0) is 36.6 Å². The Morgan fingerprint density at radius 3 is 1.73 bits per heavy atom. The molecule has 1 unspecified atom stereocenters. The lowest BCUT2D eigenvalue weighted by Gasteiger charge is -2.37. The van der Waals surface area contributed by atoms with Crippen LogP contribution in [0.3, 0.4) is 0 Å².